The molecule has 0 aromatic heterocycles. The Hall–Kier alpha value is -1.95. The first-order valence-corrected chi connectivity index (χ1v) is 6.60. The molecular weight excluding hydrogens is 254 g/mol. The molecule has 1 unspecified atom stereocenters. The summed E-state index contributed by atoms with van der Waals surface area (Å²) in [6.07, 6.45) is 4.28. The highest BCUT2D eigenvalue weighted by Gasteiger charge is 2.12. The predicted molar refractivity (Wildman–Crippen MR) is 84.4 cm³/mol. The van der Waals surface area contributed by atoms with Crippen LogP contribution < -0.4 is 11.1 Å². The zero-order valence-electron chi connectivity index (χ0n) is 12.4. The second-order valence-electron chi connectivity index (χ2n) is 4.33. The average molecular weight is 277 g/mol. The number of allylic oxidation sites excluding steroid dienone is 1. The Morgan fingerprint density at radius 1 is 1.70 bits per heavy atom. The van der Waals surface area contributed by atoms with Gasteiger partial charge in [0.1, 0.15) is 6.17 Å². The van der Waals surface area contributed by atoms with Crippen LogP contribution in [0.15, 0.2) is 39.0 Å². The van der Waals surface area contributed by atoms with E-state index in [9.17, 15) is 0 Å². The monoisotopic (exact) mass is 277 g/mol. The van der Waals surface area contributed by atoms with E-state index >= 15 is 0 Å². The van der Waals surface area contributed by atoms with E-state index < -0.39 is 0 Å². The van der Waals surface area contributed by atoms with Gasteiger partial charge < -0.3 is 15.8 Å². The Labute approximate surface area is 120 Å². The van der Waals surface area contributed by atoms with Crippen LogP contribution in [0.3, 0.4) is 0 Å². The highest BCUT2D eigenvalue weighted by Crippen LogP contribution is 2.08. The van der Waals surface area contributed by atoms with Crippen molar-refractivity contribution in [3.8, 4) is 0 Å². The fourth-order valence-electron chi connectivity index (χ4n) is 1.56. The minimum atomic E-state index is -0.0860. The van der Waals surface area contributed by atoms with Gasteiger partial charge in [-0.05, 0) is 12.0 Å². The van der Waals surface area contributed by atoms with Crippen LogP contribution in [0.4, 0.5) is 0 Å². The molecule has 0 aromatic carbocycles. The van der Waals surface area contributed by atoms with Gasteiger partial charge in [0.25, 0.3) is 0 Å². The number of hydrogen-bond donors (Lipinski definition) is 2. The van der Waals surface area contributed by atoms with Crippen molar-refractivity contribution in [1.29, 1.82) is 0 Å². The van der Waals surface area contributed by atoms with Crippen molar-refractivity contribution in [3.05, 3.63) is 24.0 Å². The average Bonchev–Trinajstić information content (AvgIpc) is 2.48. The first kappa shape index (κ1) is 16.1. The van der Waals surface area contributed by atoms with Crippen LogP contribution in [-0.4, -0.2) is 44.2 Å². The van der Waals surface area contributed by atoms with Crippen molar-refractivity contribution >= 4 is 17.8 Å². The summed E-state index contributed by atoms with van der Waals surface area (Å²) >= 11 is 0. The van der Waals surface area contributed by atoms with Gasteiger partial charge >= 0.3 is 0 Å². The summed E-state index contributed by atoms with van der Waals surface area (Å²) in [6, 6.07) is 0. The summed E-state index contributed by atoms with van der Waals surface area (Å²) in [5.74, 6) is 0.614. The van der Waals surface area contributed by atoms with Crippen LogP contribution in [0.5, 0.6) is 0 Å². The Morgan fingerprint density at radius 2 is 2.45 bits per heavy atom. The summed E-state index contributed by atoms with van der Waals surface area (Å²) in [5.41, 5.74) is 8.13. The van der Waals surface area contributed by atoms with Crippen LogP contribution in [0.25, 0.3) is 0 Å². The van der Waals surface area contributed by atoms with E-state index in [0.29, 0.717) is 19.0 Å². The highest BCUT2D eigenvalue weighted by molar-refractivity contribution is 6.38. The lowest BCUT2D eigenvalue weighted by Gasteiger charge is -2.19. The topological polar surface area (TPSA) is 84.4 Å². The first-order valence-electron chi connectivity index (χ1n) is 6.60. The van der Waals surface area contributed by atoms with E-state index in [1.807, 2.05) is 0 Å². The fraction of sp³-hybridized carbons (Fsp3) is 0.500. The van der Waals surface area contributed by atoms with Gasteiger partial charge in [-0.1, -0.05) is 13.5 Å². The third-order valence-electron chi connectivity index (χ3n) is 2.84. The van der Waals surface area contributed by atoms with Gasteiger partial charge in [-0.3, -0.25) is 9.98 Å². The number of methoxy groups -OCH3 is 1. The zero-order chi connectivity index (χ0) is 15.0. The molecule has 3 N–H and O–H groups in total. The number of nitrogens with zero attached hydrogens (tertiary/aromatic N) is 3. The van der Waals surface area contributed by atoms with Crippen molar-refractivity contribution in [2.45, 2.75) is 26.4 Å². The van der Waals surface area contributed by atoms with E-state index in [4.69, 9.17) is 10.5 Å². The number of aliphatic imine (C=N–C) groups is 3. The SMILES string of the molecule is C=C(CN)NC1CN=C(/C(=C/N=C(C)OC)CC)C=N1. The molecule has 20 heavy (non-hydrogen) atoms. The molecule has 0 radical (unpaired) electrons. The molecule has 0 bridgehead atoms. The molecule has 1 aliphatic heterocycles. The van der Waals surface area contributed by atoms with E-state index in [2.05, 4.69) is 33.8 Å². The van der Waals surface area contributed by atoms with Gasteiger partial charge in [0.2, 0.25) is 0 Å². The zero-order valence-corrected chi connectivity index (χ0v) is 12.4. The van der Waals surface area contributed by atoms with Gasteiger partial charge in [-0.2, -0.15) is 0 Å². The van der Waals surface area contributed by atoms with Crippen molar-refractivity contribution in [2.24, 2.45) is 20.7 Å². The molecule has 0 fully saturated rings. The lowest BCUT2D eigenvalue weighted by atomic mass is 10.1. The Kier molecular flexibility index (Phi) is 6.66. The number of nitrogens with one attached hydrogen (secondary N) is 1. The van der Waals surface area contributed by atoms with Gasteiger partial charge in [0.15, 0.2) is 5.90 Å². The molecule has 1 rings (SSSR count). The van der Waals surface area contributed by atoms with Crippen molar-refractivity contribution in [2.75, 3.05) is 20.2 Å². The van der Waals surface area contributed by atoms with Crippen LogP contribution in [0.1, 0.15) is 20.3 Å². The molecule has 0 amide bonds. The maximum absolute atomic E-state index is 5.48. The molecule has 1 aliphatic rings. The minimum absolute atomic E-state index is 0.0860. The van der Waals surface area contributed by atoms with Gasteiger partial charge in [-0.25, -0.2) is 4.99 Å². The number of ether oxygens (including phenoxy) is 1. The first-order chi connectivity index (χ1) is 9.60. The molecular formula is C14H23N5O. The molecule has 0 aromatic rings. The van der Waals surface area contributed by atoms with Gasteiger partial charge in [0, 0.05) is 31.6 Å². The van der Waals surface area contributed by atoms with Gasteiger partial charge in [-0.15, -0.1) is 0 Å². The Morgan fingerprint density at radius 3 is 2.95 bits per heavy atom. The van der Waals surface area contributed by atoms with E-state index in [-0.39, 0.29) is 6.17 Å². The Bertz CT molecular complexity index is 462. The largest absolute Gasteiger partial charge is 0.484 e. The summed E-state index contributed by atoms with van der Waals surface area (Å²) in [6.45, 7) is 8.62. The third-order valence-corrected chi connectivity index (χ3v) is 2.84. The minimum Gasteiger partial charge on any atom is -0.484 e. The molecule has 0 aliphatic carbocycles. The van der Waals surface area contributed by atoms with Crippen LogP contribution in [0, 0.1) is 0 Å². The number of hydrogen-bond acceptors (Lipinski definition) is 6. The van der Waals surface area contributed by atoms with Crippen molar-refractivity contribution in [1.82, 2.24) is 5.32 Å². The van der Waals surface area contributed by atoms with Crippen molar-refractivity contribution in [3.63, 3.8) is 0 Å². The second-order valence-corrected chi connectivity index (χ2v) is 4.33. The summed E-state index contributed by atoms with van der Waals surface area (Å²) in [7, 11) is 1.60. The van der Waals surface area contributed by atoms with Gasteiger partial charge in [0.05, 0.1) is 19.4 Å². The number of rotatable bonds is 6. The molecule has 0 saturated carbocycles. The van der Waals surface area contributed by atoms with E-state index in [1.165, 1.54) is 0 Å². The quantitative estimate of drug-likeness (QED) is 0.566. The molecule has 1 heterocycles. The number of nitrogens with two attached hydrogens (primary N) is 1. The lowest BCUT2D eigenvalue weighted by molar-refractivity contribution is 0.400. The Balaban J connectivity index is 2.70. The molecule has 1 atom stereocenters. The van der Waals surface area contributed by atoms with E-state index in [1.54, 1.807) is 26.4 Å². The molecule has 6 heteroatoms. The molecule has 110 valence electrons. The normalized spacial score (nSPS) is 19.6. The predicted octanol–water partition coefficient (Wildman–Crippen LogP) is 1.26. The van der Waals surface area contributed by atoms with Crippen molar-refractivity contribution < 1.29 is 4.74 Å². The summed E-state index contributed by atoms with van der Waals surface area (Å²) < 4.78 is 5.01. The van der Waals surface area contributed by atoms with E-state index in [0.717, 1.165) is 23.4 Å². The smallest absolute Gasteiger partial charge is 0.184 e. The molecule has 0 spiro atoms. The summed E-state index contributed by atoms with van der Waals surface area (Å²) in [4.78, 5) is 13.1. The maximum Gasteiger partial charge on any atom is 0.184 e. The summed E-state index contributed by atoms with van der Waals surface area (Å²) in [5, 5.41) is 3.11. The van der Waals surface area contributed by atoms with Crippen LogP contribution in [-0.2, 0) is 4.74 Å². The second kappa shape index (κ2) is 8.27. The standard InChI is InChI=1S/C14H23N5O/c1-5-12(7-16-11(3)20-4)13-8-18-14(9-17-13)19-10(2)6-15/h7-8,14,19H,2,5-6,9,15H2,1,3-4H3/b12-7+,16-11?. The maximum atomic E-state index is 5.48. The van der Waals surface area contributed by atoms with Crippen LogP contribution in [0.2, 0.25) is 0 Å². The third kappa shape index (κ3) is 4.97. The van der Waals surface area contributed by atoms with Crippen LogP contribution >= 0.6 is 0 Å². The highest BCUT2D eigenvalue weighted by atomic mass is 16.5. The lowest BCUT2D eigenvalue weighted by Crippen LogP contribution is -2.34. The molecule has 6 nitrogen and oxygen atoms in total. The molecule has 0 saturated heterocycles. The fourth-order valence-corrected chi connectivity index (χ4v) is 1.56.